The number of benzene rings is 1. The van der Waals surface area contributed by atoms with E-state index in [-0.39, 0.29) is 11.6 Å². The van der Waals surface area contributed by atoms with Gasteiger partial charge < -0.3 is 9.73 Å². The normalized spacial score (nSPS) is 12.6. The lowest BCUT2D eigenvalue weighted by Crippen LogP contribution is -2.49. The fraction of sp³-hybridized carbons (Fsp3) is 0.391. The van der Waals surface area contributed by atoms with Crippen LogP contribution in [0.1, 0.15) is 74.2 Å². The fourth-order valence-electron chi connectivity index (χ4n) is 3.20. The molecule has 31 heavy (non-hydrogen) atoms. The minimum Gasteiger partial charge on any atom is -0.464 e. The van der Waals surface area contributed by atoms with Gasteiger partial charge in [-0.05, 0) is 75.0 Å². The molecule has 2 aromatic heterocycles. The predicted octanol–water partition coefficient (Wildman–Crippen LogP) is 4.87. The number of nitrogens with one attached hydrogen (secondary N) is 1. The Morgan fingerprint density at radius 1 is 1.10 bits per heavy atom. The minimum absolute atomic E-state index is 0.176. The Hall–Kier alpha value is -3.00. The molecule has 0 fully saturated rings. The molecule has 0 saturated heterocycles. The van der Waals surface area contributed by atoms with Crippen LogP contribution in [0.25, 0.3) is 0 Å². The number of anilines is 1. The van der Waals surface area contributed by atoms with E-state index in [1.807, 2.05) is 45.0 Å². The molecule has 0 radical (unpaired) electrons. The molecule has 0 spiro atoms. The lowest BCUT2D eigenvalue weighted by atomic mass is 10.0. The van der Waals surface area contributed by atoms with Crippen LogP contribution in [0.15, 0.2) is 46.2 Å². The molecule has 2 heterocycles. The fourth-order valence-corrected chi connectivity index (χ4v) is 3.63. The number of furan rings is 1. The molecule has 0 unspecified atom stereocenters. The van der Waals surface area contributed by atoms with E-state index < -0.39 is 17.5 Å². The number of amides is 2. The molecule has 0 saturated carbocycles. The lowest BCUT2D eigenvalue weighted by molar-refractivity contribution is -0.124. The Kier molecular flexibility index (Phi) is 6.59. The number of carbonyl (C=O) groups is 2. The molecule has 2 amide bonds. The van der Waals surface area contributed by atoms with Crippen molar-refractivity contribution < 1.29 is 14.0 Å². The van der Waals surface area contributed by atoms with E-state index in [2.05, 4.69) is 28.8 Å². The predicted molar refractivity (Wildman–Crippen MR) is 121 cm³/mol. The van der Waals surface area contributed by atoms with E-state index in [1.165, 1.54) is 4.90 Å². The third-order valence-corrected chi connectivity index (χ3v) is 5.18. The van der Waals surface area contributed by atoms with Crippen LogP contribution < -0.4 is 10.2 Å². The molecule has 1 N–H and O–H groups in total. The van der Waals surface area contributed by atoms with Crippen LogP contribution in [0.3, 0.4) is 0 Å². The summed E-state index contributed by atoms with van der Waals surface area (Å²) in [5.74, 6) is 0.610. The number of rotatable bonds is 6. The molecule has 8 heteroatoms. The first kappa shape index (κ1) is 22.7. The first-order valence-electron chi connectivity index (χ1n) is 10.2. The van der Waals surface area contributed by atoms with Crippen molar-refractivity contribution in [2.75, 3.05) is 4.90 Å². The molecule has 3 aromatic rings. The largest absolute Gasteiger partial charge is 0.464 e. The van der Waals surface area contributed by atoms with Crippen molar-refractivity contribution in [3.8, 4) is 0 Å². The van der Waals surface area contributed by atoms with Crippen LogP contribution in [0.4, 0.5) is 5.69 Å². The van der Waals surface area contributed by atoms with Crippen LogP contribution >= 0.6 is 11.5 Å². The molecule has 1 atom stereocenters. The number of carbonyl (C=O) groups excluding carboxylic acids is 2. The maximum atomic E-state index is 13.5. The molecule has 0 aliphatic rings. The summed E-state index contributed by atoms with van der Waals surface area (Å²) in [4.78, 5) is 28.4. The van der Waals surface area contributed by atoms with E-state index in [9.17, 15) is 9.59 Å². The van der Waals surface area contributed by atoms with E-state index in [4.69, 9.17) is 4.42 Å². The second-order valence-corrected chi connectivity index (χ2v) is 9.41. The van der Waals surface area contributed by atoms with Crippen LogP contribution in [-0.4, -0.2) is 26.9 Å². The van der Waals surface area contributed by atoms with Gasteiger partial charge in [-0.2, -0.15) is 0 Å². The molecule has 164 valence electrons. The van der Waals surface area contributed by atoms with Crippen molar-refractivity contribution in [1.82, 2.24) is 14.9 Å². The highest BCUT2D eigenvalue weighted by molar-refractivity contribution is 7.03. The van der Waals surface area contributed by atoms with Crippen molar-refractivity contribution >= 4 is 29.0 Å². The maximum absolute atomic E-state index is 13.5. The molecule has 0 aliphatic heterocycles. The summed E-state index contributed by atoms with van der Waals surface area (Å²) in [7, 11) is 0. The summed E-state index contributed by atoms with van der Waals surface area (Å²) >= 11 is 1.08. The van der Waals surface area contributed by atoms with Gasteiger partial charge >= 0.3 is 0 Å². The van der Waals surface area contributed by atoms with Gasteiger partial charge in [0.15, 0.2) is 11.7 Å². The third-order valence-electron chi connectivity index (χ3n) is 4.67. The Labute approximate surface area is 186 Å². The van der Waals surface area contributed by atoms with Crippen molar-refractivity contribution in [2.24, 2.45) is 0 Å². The molecule has 1 aromatic carbocycles. The number of hydrogen-bond donors (Lipinski definition) is 1. The first-order valence-corrected chi connectivity index (χ1v) is 11.0. The first-order chi connectivity index (χ1) is 14.6. The van der Waals surface area contributed by atoms with Gasteiger partial charge in [-0.3, -0.25) is 14.5 Å². The average molecular weight is 441 g/mol. The highest BCUT2D eigenvalue weighted by Gasteiger charge is 2.37. The van der Waals surface area contributed by atoms with E-state index in [1.54, 1.807) is 24.4 Å². The van der Waals surface area contributed by atoms with Crippen LogP contribution in [0, 0.1) is 6.92 Å². The zero-order chi connectivity index (χ0) is 22.8. The quantitative estimate of drug-likeness (QED) is 0.591. The Morgan fingerprint density at radius 3 is 2.26 bits per heavy atom. The van der Waals surface area contributed by atoms with Crippen molar-refractivity contribution in [2.45, 2.75) is 59.0 Å². The van der Waals surface area contributed by atoms with E-state index >= 15 is 0 Å². The maximum Gasteiger partial charge on any atom is 0.280 e. The number of hydrogen-bond acceptors (Lipinski definition) is 6. The molecule has 7 nitrogen and oxygen atoms in total. The topological polar surface area (TPSA) is 88.3 Å². The van der Waals surface area contributed by atoms with Gasteiger partial charge in [-0.15, -0.1) is 5.10 Å². The highest BCUT2D eigenvalue weighted by Crippen LogP contribution is 2.32. The molecule has 3 rings (SSSR count). The van der Waals surface area contributed by atoms with Gasteiger partial charge in [0.05, 0.1) is 0 Å². The third kappa shape index (κ3) is 5.38. The van der Waals surface area contributed by atoms with Gasteiger partial charge in [-0.25, -0.2) is 0 Å². The standard InChI is InChI=1S/C23H28N4O3S/c1-14(2)16-8-10-17(11-9-16)27(22(29)18-13-31-26-25-18)20(19-12-7-15(3)30-19)21(28)24-23(4,5)6/h7-14,20H,1-6H3,(H,24,28)/t20-/m1/s1. The SMILES string of the molecule is Cc1ccc([C@H](C(=O)NC(C)(C)C)N(C(=O)c2csnn2)c2ccc(C(C)C)cc2)o1. The van der Waals surface area contributed by atoms with Crippen LogP contribution in [-0.2, 0) is 4.79 Å². The van der Waals surface area contributed by atoms with Crippen molar-refractivity contribution in [3.05, 3.63) is 64.6 Å². The molecular weight excluding hydrogens is 412 g/mol. The molecule has 0 aliphatic carbocycles. The Balaban J connectivity index is 2.14. The summed E-state index contributed by atoms with van der Waals surface area (Å²) in [5, 5.41) is 8.49. The second-order valence-electron chi connectivity index (χ2n) is 8.80. The zero-order valence-corrected chi connectivity index (χ0v) is 19.5. The van der Waals surface area contributed by atoms with Gasteiger partial charge in [0, 0.05) is 16.6 Å². The molecule has 0 bridgehead atoms. The van der Waals surface area contributed by atoms with E-state index in [0.717, 1.165) is 17.1 Å². The highest BCUT2D eigenvalue weighted by atomic mass is 32.1. The smallest absolute Gasteiger partial charge is 0.280 e. The number of aromatic nitrogens is 2. The summed E-state index contributed by atoms with van der Waals surface area (Å²) in [6.45, 7) is 11.7. The van der Waals surface area contributed by atoms with Crippen molar-refractivity contribution in [1.29, 1.82) is 0 Å². The summed E-state index contributed by atoms with van der Waals surface area (Å²) in [5.41, 5.74) is 1.39. The second kappa shape index (κ2) is 9.01. The average Bonchev–Trinajstić information content (AvgIpc) is 3.36. The summed E-state index contributed by atoms with van der Waals surface area (Å²) in [6.07, 6.45) is 0. The Morgan fingerprint density at radius 2 is 1.77 bits per heavy atom. The summed E-state index contributed by atoms with van der Waals surface area (Å²) < 4.78 is 9.64. The summed E-state index contributed by atoms with van der Waals surface area (Å²) in [6, 6.07) is 10.1. The van der Waals surface area contributed by atoms with Crippen molar-refractivity contribution in [3.63, 3.8) is 0 Å². The van der Waals surface area contributed by atoms with E-state index in [0.29, 0.717) is 23.1 Å². The van der Waals surface area contributed by atoms with Crippen LogP contribution in [0.2, 0.25) is 0 Å². The zero-order valence-electron chi connectivity index (χ0n) is 18.7. The van der Waals surface area contributed by atoms with Gasteiger partial charge in [0.25, 0.3) is 11.8 Å². The Bertz CT molecular complexity index is 1030. The minimum atomic E-state index is -1.01. The van der Waals surface area contributed by atoms with Gasteiger partial charge in [-0.1, -0.05) is 30.5 Å². The number of aryl methyl sites for hydroxylation is 1. The monoisotopic (exact) mass is 440 g/mol. The number of nitrogens with zero attached hydrogens (tertiary/aromatic N) is 3. The van der Waals surface area contributed by atoms with Gasteiger partial charge in [0.2, 0.25) is 0 Å². The van der Waals surface area contributed by atoms with Crippen LogP contribution in [0.5, 0.6) is 0 Å². The van der Waals surface area contributed by atoms with Gasteiger partial charge in [0.1, 0.15) is 11.5 Å². The molecular formula is C23H28N4O3S. The lowest BCUT2D eigenvalue weighted by Gasteiger charge is -2.32.